The second-order valence-electron chi connectivity index (χ2n) is 10.4. The zero-order valence-corrected chi connectivity index (χ0v) is 28.5. The summed E-state index contributed by atoms with van der Waals surface area (Å²) in [4.78, 5) is 22.4. The molecule has 0 saturated carbocycles. The first-order valence-electron chi connectivity index (χ1n) is 13.6. The molecule has 0 aromatic heterocycles. The van der Waals surface area contributed by atoms with Gasteiger partial charge in [0.1, 0.15) is 9.80 Å². The van der Waals surface area contributed by atoms with Gasteiger partial charge in [0, 0.05) is 23.3 Å². The molecule has 4 aromatic rings. The van der Waals surface area contributed by atoms with Crippen molar-refractivity contribution in [3.05, 3.63) is 82.8 Å². The Morgan fingerprint density at radius 2 is 1.27 bits per heavy atom. The molecule has 0 atom stereocenters. The number of hydrogen-bond donors (Lipinski definition) is 6. The lowest BCUT2D eigenvalue weighted by atomic mass is 9.92. The Kier molecular flexibility index (Phi) is 9.52. The summed E-state index contributed by atoms with van der Waals surface area (Å²) in [6.07, 6.45) is 0.543. The lowest BCUT2D eigenvalue weighted by molar-refractivity contribution is -0.114. The Balaban J connectivity index is 1.66. The van der Waals surface area contributed by atoms with E-state index in [9.17, 15) is 56.9 Å². The monoisotopic (exact) mass is 779 g/mol. The quantitative estimate of drug-likeness (QED) is 0.0798. The molecular formula is C28H21N5O14S4. The van der Waals surface area contributed by atoms with Crippen LogP contribution in [0.4, 0.5) is 22.7 Å². The van der Waals surface area contributed by atoms with E-state index in [1.54, 1.807) is 0 Å². The number of nitrogens with zero attached hydrogens (tertiary/aromatic N) is 3. The average molecular weight is 780 g/mol. The summed E-state index contributed by atoms with van der Waals surface area (Å²) in [5.41, 5.74) is -0.180. The van der Waals surface area contributed by atoms with E-state index < -0.39 is 88.6 Å². The number of carbonyl (C=O) groups is 2. The minimum Gasteiger partial charge on any atom is -0.326 e. The van der Waals surface area contributed by atoms with Crippen LogP contribution in [0.3, 0.4) is 0 Å². The fraction of sp³-hybridized carbons (Fsp3) is 0.0357. The lowest BCUT2D eigenvalue weighted by Gasteiger charge is -2.21. The van der Waals surface area contributed by atoms with Crippen molar-refractivity contribution in [2.45, 2.75) is 21.6 Å². The molecule has 0 aliphatic heterocycles. The van der Waals surface area contributed by atoms with Gasteiger partial charge in [0.05, 0.1) is 38.1 Å². The van der Waals surface area contributed by atoms with E-state index in [1.165, 1.54) is 30.3 Å². The Bertz CT molecular complexity index is 2730. The number of hydrazone groups is 1. The smallest absolute Gasteiger partial charge is 0.296 e. The van der Waals surface area contributed by atoms with Crippen molar-refractivity contribution in [2.75, 3.05) is 10.7 Å². The molecule has 0 saturated heterocycles. The molecule has 0 heterocycles. The van der Waals surface area contributed by atoms with Crippen LogP contribution in [0.5, 0.6) is 0 Å². The van der Waals surface area contributed by atoms with Gasteiger partial charge in [0.15, 0.2) is 5.71 Å². The van der Waals surface area contributed by atoms with Crippen molar-refractivity contribution < 1.29 is 61.5 Å². The van der Waals surface area contributed by atoms with Crippen LogP contribution < -0.4 is 10.7 Å². The fourth-order valence-electron chi connectivity index (χ4n) is 4.81. The van der Waals surface area contributed by atoms with Crippen molar-refractivity contribution in [1.82, 2.24) is 0 Å². The number of ketones is 1. The number of hydrogen-bond acceptors (Lipinski definition) is 14. The van der Waals surface area contributed by atoms with E-state index in [-0.39, 0.29) is 33.5 Å². The summed E-state index contributed by atoms with van der Waals surface area (Å²) < 4.78 is 134. The summed E-state index contributed by atoms with van der Waals surface area (Å²) in [6, 6.07) is 12.1. The molecule has 5 rings (SSSR count). The molecule has 0 bridgehead atoms. The van der Waals surface area contributed by atoms with Crippen LogP contribution in [0.2, 0.25) is 0 Å². The zero-order chi connectivity index (χ0) is 37.7. The highest BCUT2D eigenvalue weighted by atomic mass is 32.2. The molecule has 19 nitrogen and oxygen atoms in total. The number of amides is 1. The van der Waals surface area contributed by atoms with Crippen molar-refractivity contribution in [3.63, 3.8) is 0 Å². The van der Waals surface area contributed by atoms with Gasteiger partial charge in [0.25, 0.3) is 40.5 Å². The fourth-order valence-corrected chi connectivity index (χ4v) is 7.12. The molecule has 0 fully saturated rings. The van der Waals surface area contributed by atoms with Gasteiger partial charge in [-0.25, -0.2) is 0 Å². The first-order chi connectivity index (χ1) is 23.6. The molecular weight excluding hydrogens is 759 g/mol. The maximum Gasteiger partial charge on any atom is 0.296 e. The number of benzene rings is 4. The number of Topliss-reactive ketones (excluding diaryl/α,β-unsaturated/α-hetero) is 1. The van der Waals surface area contributed by atoms with Crippen LogP contribution in [-0.2, 0) is 45.3 Å². The van der Waals surface area contributed by atoms with Gasteiger partial charge < -0.3 is 5.32 Å². The number of carbonyl (C=O) groups excluding carboxylic acids is 2. The molecule has 6 N–H and O–H groups in total. The van der Waals surface area contributed by atoms with Gasteiger partial charge in [-0.2, -0.15) is 43.9 Å². The number of fused-ring (bicyclic) bond motifs is 2. The highest BCUT2D eigenvalue weighted by Crippen LogP contribution is 2.37. The standard InChI is InChI=1S/C28H21N5O14S4/c1-14(34)29-23-10-11-24(50(42,43)44)20-13-25(51(45,46)47)27(28(35)26(20)23)33-32-22-9-8-21(18-7-6-17(12-19(18)22)49(39,40)41)31-30-15-2-4-16(5-3-15)48(36,37)38/h2-13,32H,1H3,(H,29,34)(H,36,37,38)(H,39,40,41)(H,42,43,44)(H,45,46,47)/b31-30+,33-27+. The molecule has 51 heavy (non-hydrogen) atoms. The lowest BCUT2D eigenvalue weighted by Crippen LogP contribution is -2.29. The Hall–Kier alpha value is -5.27. The molecule has 266 valence electrons. The highest BCUT2D eigenvalue weighted by Gasteiger charge is 2.37. The maximum absolute atomic E-state index is 13.8. The van der Waals surface area contributed by atoms with Crippen molar-refractivity contribution in [1.29, 1.82) is 0 Å². The first kappa shape index (κ1) is 37.0. The molecule has 23 heteroatoms. The highest BCUT2D eigenvalue weighted by molar-refractivity contribution is 7.91. The molecule has 0 spiro atoms. The summed E-state index contributed by atoms with van der Waals surface area (Å²) in [5.74, 6) is -2.06. The predicted molar refractivity (Wildman–Crippen MR) is 180 cm³/mol. The van der Waals surface area contributed by atoms with Crippen LogP contribution in [-0.4, -0.2) is 69.3 Å². The second kappa shape index (κ2) is 13.1. The number of azo groups is 1. The molecule has 1 aliphatic carbocycles. The van der Waals surface area contributed by atoms with Gasteiger partial charge in [-0.15, -0.1) is 5.11 Å². The first-order valence-corrected chi connectivity index (χ1v) is 19.4. The number of allylic oxidation sites excluding steroid dienone is 1. The third-order valence-electron chi connectivity index (χ3n) is 6.98. The van der Waals surface area contributed by atoms with Crippen molar-refractivity contribution in [2.24, 2.45) is 15.3 Å². The van der Waals surface area contributed by atoms with Crippen LogP contribution in [0.15, 0.2) is 102 Å². The van der Waals surface area contributed by atoms with Crippen LogP contribution in [0.1, 0.15) is 22.8 Å². The summed E-state index contributed by atoms with van der Waals surface area (Å²) in [7, 11) is -19.7. The van der Waals surface area contributed by atoms with E-state index in [0.29, 0.717) is 6.08 Å². The summed E-state index contributed by atoms with van der Waals surface area (Å²) in [5, 5.41) is 14.3. The van der Waals surface area contributed by atoms with Crippen molar-refractivity contribution in [3.8, 4) is 0 Å². The predicted octanol–water partition coefficient (Wildman–Crippen LogP) is 3.85. The number of rotatable bonds is 9. The zero-order valence-electron chi connectivity index (χ0n) is 25.3. The molecule has 4 aromatic carbocycles. The number of nitrogens with one attached hydrogen (secondary N) is 2. The van der Waals surface area contributed by atoms with E-state index >= 15 is 0 Å². The third-order valence-corrected chi connectivity index (χ3v) is 10.5. The average Bonchev–Trinajstić information content (AvgIpc) is 3.01. The van der Waals surface area contributed by atoms with Crippen LogP contribution in [0, 0.1) is 0 Å². The van der Waals surface area contributed by atoms with Gasteiger partial charge in [0.2, 0.25) is 11.7 Å². The van der Waals surface area contributed by atoms with Crippen LogP contribution in [0.25, 0.3) is 16.8 Å². The molecule has 0 radical (unpaired) electrons. The van der Waals surface area contributed by atoms with Gasteiger partial charge in [-0.1, -0.05) is 6.07 Å². The van der Waals surface area contributed by atoms with E-state index in [4.69, 9.17) is 4.55 Å². The summed E-state index contributed by atoms with van der Waals surface area (Å²) in [6.45, 7) is 1.06. The van der Waals surface area contributed by atoms with Gasteiger partial charge >= 0.3 is 0 Å². The van der Waals surface area contributed by atoms with Gasteiger partial charge in [-0.05, 0) is 66.7 Å². The van der Waals surface area contributed by atoms with Gasteiger partial charge in [-0.3, -0.25) is 33.2 Å². The second-order valence-corrected chi connectivity index (χ2v) is 16.0. The van der Waals surface area contributed by atoms with Crippen LogP contribution >= 0.6 is 0 Å². The Labute approximate surface area is 288 Å². The minimum absolute atomic E-state index is 0.0544. The molecule has 1 amide bonds. The largest absolute Gasteiger partial charge is 0.326 e. The van der Waals surface area contributed by atoms with E-state index in [1.807, 2.05) is 0 Å². The van der Waals surface area contributed by atoms with E-state index in [2.05, 4.69) is 26.1 Å². The van der Waals surface area contributed by atoms with E-state index in [0.717, 1.165) is 43.3 Å². The molecule has 0 unspecified atom stereocenters. The van der Waals surface area contributed by atoms with Crippen molar-refractivity contribution >= 4 is 97.5 Å². The minimum atomic E-state index is -5.35. The summed E-state index contributed by atoms with van der Waals surface area (Å²) >= 11 is 0. The Morgan fingerprint density at radius 3 is 1.84 bits per heavy atom. The SMILES string of the molecule is CC(=O)Nc1ccc(S(=O)(=O)O)c2c1C(=O)/C(=N/Nc1ccc(/N=N/c3ccc(S(=O)(=O)O)cc3)c3ccc(S(=O)(=O)O)cc13)C(S(=O)(=O)O)=C2. The molecule has 1 aliphatic rings. The maximum atomic E-state index is 13.8. The number of anilines is 2. The normalized spacial score (nSPS) is 14.8. The topological polar surface area (TPSA) is 313 Å². The Morgan fingerprint density at radius 1 is 0.667 bits per heavy atom. The third kappa shape index (κ3) is 7.89.